The van der Waals surface area contributed by atoms with Crippen molar-refractivity contribution >= 4 is 70.6 Å². The van der Waals surface area contributed by atoms with E-state index in [4.69, 9.17) is 16.3 Å². The number of aromatic nitrogens is 2. The van der Waals surface area contributed by atoms with Gasteiger partial charge in [0.05, 0.1) is 24.7 Å². The van der Waals surface area contributed by atoms with E-state index in [2.05, 4.69) is 71.0 Å². The molecule has 4 aromatic rings. The van der Waals surface area contributed by atoms with Crippen molar-refractivity contribution in [3.8, 4) is 5.75 Å². The van der Waals surface area contributed by atoms with E-state index in [0.717, 1.165) is 86.5 Å². The molecule has 13 heteroatoms. The van der Waals surface area contributed by atoms with Gasteiger partial charge in [0, 0.05) is 81.0 Å². The average molecular weight is 753 g/mol. The highest BCUT2D eigenvalue weighted by Gasteiger charge is 2.28. The van der Waals surface area contributed by atoms with Crippen molar-refractivity contribution in [3.05, 3.63) is 94.6 Å². The highest BCUT2D eigenvalue weighted by Crippen LogP contribution is 2.39. The smallest absolute Gasteiger partial charge is 0.229 e. The van der Waals surface area contributed by atoms with Crippen LogP contribution in [0.1, 0.15) is 29.5 Å². The summed E-state index contributed by atoms with van der Waals surface area (Å²) in [5.74, 6) is 3.49. The number of piperazine rings is 1. The second-order valence-electron chi connectivity index (χ2n) is 14.1. The molecule has 0 aliphatic carbocycles. The normalized spacial score (nSPS) is 17.1. The molecule has 3 N–H and O–H groups in total. The number of piperidine rings is 1. The zero-order valence-corrected chi connectivity index (χ0v) is 32.1. The van der Waals surface area contributed by atoms with Crippen molar-refractivity contribution in [3.63, 3.8) is 0 Å². The summed E-state index contributed by atoms with van der Waals surface area (Å²) in [6.45, 7) is 11.3. The molecule has 0 bridgehead atoms. The molecule has 0 amide bonds. The van der Waals surface area contributed by atoms with Crippen LogP contribution in [0.15, 0.2) is 72.9 Å². The van der Waals surface area contributed by atoms with Crippen LogP contribution in [0.25, 0.3) is 11.8 Å². The van der Waals surface area contributed by atoms with Gasteiger partial charge in [0.15, 0.2) is 11.8 Å². The Kier molecular flexibility index (Phi) is 11.2. The van der Waals surface area contributed by atoms with Crippen LogP contribution in [0.4, 0.5) is 28.8 Å². The maximum atomic E-state index is 12.9. The Bertz CT molecular complexity index is 2080. The summed E-state index contributed by atoms with van der Waals surface area (Å²) in [5.41, 5.74) is 6.43. The predicted molar refractivity (Wildman–Crippen MR) is 217 cm³/mol. The van der Waals surface area contributed by atoms with Gasteiger partial charge in [0.1, 0.15) is 23.6 Å². The van der Waals surface area contributed by atoms with E-state index in [1.165, 1.54) is 5.56 Å². The van der Waals surface area contributed by atoms with Crippen LogP contribution in [0.5, 0.6) is 5.75 Å². The quantitative estimate of drug-likeness (QED) is 0.116. The van der Waals surface area contributed by atoms with E-state index in [1.54, 1.807) is 26.6 Å². The zero-order valence-electron chi connectivity index (χ0n) is 30.4. The maximum Gasteiger partial charge on any atom is 0.229 e. The van der Waals surface area contributed by atoms with Gasteiger partial charge in [-0.1, -0.05) is 54.1 Å². The van der Waals surface area contributed by atoms with E-state index in [0.29, 0.717) is 46.5 Å². The summed E-state index contributed by atoms with van der Waals surface area (Å²) in [7, 11) is -0.865. The number of hydrogen-bond donors (Lipinski definition) is 3. The van der Waals surface area contributed by atoms with Crippen molar-refractivity contribution < 1.29 is 14.1 Å². The Labute approximate surface area is 316 Å². The van der Waals surface area contributed by atoms with Crippen LogP contribution < -0.4 is 30.9 Å². The minimum atomic E-state index is -2.53. The minimum Gasteiger partial charge on any atom is -0.494 e. The van der Waals surface area contributed by atoms with E-state index in [-0.39, 0.29) is 0 Å². The molecule has 3 aliphatic heterocycles. The summed E-state index contributed by atoms with van der Waals surface area (Å²) in [6, 6.07) is 20.3. The molecule has 0 spiro atoms. The number of halogens is 1. The lowest BCUT2D eigenvalue weighted by Gasteiger charge is -2.43. The second-order valence-corrected chi connectivity index (χ2v) is 17.6. The van der Waals surface area contributed by atoms with Gasteiger partial charge in [-0.3, -0.25) is 9.80 Å². The number of fused-ring (bicyclic) bond motifs is 1. The van der Waals surface area contributed by atoms with Crippen molar-refractivity contribution in [2.45, 2.75) is 25.4 Å². The van der Waals surface area contributed by atoms with E-state index < -0.39 is 7.14 Å². The lowest BCUT2D eigenvalue weighted by atomic mass is 10.0. The first-order valence-corrected chi connectivity index (χ1v) is 21.1. The highest BCUT2D eigenvalue weighted by atomic mass is 35.5. The highest BCUT2D eigenvalue weighted by molar-refractivity contribution is 7.70. The largest absolute Gasteiger partial charge is 0.494 e. The standard InChI is InChI=1S/C40H46ClN8O3P/c1-52-37-24-30(13-14-34(37)45-40-43-26-33(41)39(46-40)44-35-11-4-5-12-38(35)53(2,3)51)48-18-15-29(16-19-48)49-22-20-47(21-23-49)17-7-9-28-8-6-10-31-32(28)25-42-36(31)27-50/h4-14,24,26,29,42H,15-23,25H2,1-3H3,(H2,43,44,45,46). The lowest BCUT2D eigenvalue weighted by molar-refractivity contribution is 0.0911. The van der Waals surface area contributed by atoms with Crippen LogP contribution in [-0.4, -0.2) is 98.0 Å². The van der Waals surface area contributed by atoms with E-state index in [1.807, 2.05) is 48.4 Å². The molecule has 2 fully saturated rings. The molecule has 0 radical (unpaired) electrons. The van der Waals surface area contributed by atoms with Crippen molar-refractivity contribution in [1.82, 2.24) is 25.1 Å². The Hall–Kier alpha value is -4.63. The molecule has 1 aromatic heterocycles. The molecule has 4 heterocycles. The van der Waals surface area contributed by atoms with E-state index in [9.17, 15) is 9.36 Å². The summed E-state index contributed by atoms with van der Waals surface area (Å²) in [5, 5.41) is 10.8. The fourth-order valence-corrected chi connectivity index (χ4v) is 8.77. The molecular formula is C40H46ClN8O3P. The van der Waals surface area contributed by atoms with Crippen LogP contribution in [0, 0.1) is 0 Å². The Morgan fingerprint density at radius 3 is 2.55 bits per heavy atom. The van der Waals surface area contributed by atoms with Crippen LogP contribution in [0.2, 0.25) is 5.02 Å². The van der Waals surface area contributed by atoms with Gasteiger partial charge in [-0.15, -0.1) is 0 Å². The van der Waals surface area contributed by atoms with Crippen molar-refractivity contribution in [2.75, 3.05) is 81.8 Å². The Balaban J connectivity index is 0.911. The molecule has 11 nitrogen and oxygen atoms in total. The van der Waals surface area contributed by atoms with Gasteiger partial charge in [0.25, 0.3) is 0 Å². The SMILES string of the molecule is COc1cc(N2CCC(N3CCN(CC=Cc4cccc5c4CNC5=C=O)CC3)CC2)ccc1Nc1ncc(Cl)c(Nc2ccccc2P(C)(C)=O)n1. The molecule has 53 heavy (non-hydrogen) atoms. The van der Waals surface area contributed by atoms with Gasteiger partial charge in [-0.25, -0.2) is 9.78 Å². The molecule has 7 rings (SSSR count). The third-order valence-electron chi connectivity index (χ3n) is 10.4. The number of para-hydroxylation sites is 1. The summed E-state index contributed by atoms with van der Waals surface area (Å²) in [4.78, 5) is 27.9. The van der Waals surface area contributed by atoms with Gasteiger partial charge < -0.3 is 30.2 Å². The van der Waals surface area contributed by atoms with Crippen LogP contribution >= 0.6 is 18.7 Å². The maximum absolute atomic E-state index is 12.9. The fraction of sp³-hybridized carbons (Fsp3) is 0.350. The first-order valence-electron chi connectivity index (χ1n) is 18.1. The predicted octanol–water partition coefficient (Wildman–Crippen LogP) is 6.45. The Morgan fingerprint density at radius 1 is 1.00 bits per heavy atom. The lowest BCUT2D eigenvalue weighted by Crippen LogP contribution is -2.53. The van der Waals surface area contributed by atoms with Crippen LogP contribution in [-0.2, 0) is 15.9 Å². The second kappa shape index (κ2) is 16.2. The molecule has 276 valence electrons. The molecule has 3 aliphatic rings. The van der Waals surface area contributed by atoms with Crippen molar-refractivity contribution in [1.29, 1.82) is 0 Å². The minimum absolute atomic E-state index is 0.353. The first kappa shape index (κ1) is 36.7. The van der Waals surface area contributed by atoms with Gasteiger partial charge in [-0.2, -0.15) is 4.98 Å². The molecule has 3 aromatic carbocycles. The van der Waals surface area contributed by atoms with Crippen LogP contribution in [0.3, 0.4) is 0 Å². The number of carbonyl (C=O) groups excluding carboxylic acids is 1. The molecule has 2 saturated heterocycles. The number of ether oxygens (including phenoxy) is 1. The Morgan fingerprint density at radius 2 is 1.79 bits per heavy atom. The number of nitrogens with zero attached hydrogens (tertiary/aromatic N) is 5. The zero-order chi connectivity index (χ0) is 37.0. The molecule has 0 unspecified atom stereocenters. The molecule has 0 saturated carbocycles. The topological polar surface area (TPSA) is 115 Å². The number of methoxy groups -OCH3 is 1. The fourth-order valence-electron chi connectivity index (χ4n) is 7.48. The third-order valence-corrected chi connectivity index (χ3v) is 12.2. The third kappa shape index (κ3) is 8.46. The van der Waals surface area contributed by atoms with Gasteiger partial charge >= 0.3 is 0 Å². The van der Waals surface area contributed by atoms with Crippen molar-refractivity contribution in [2.24, 2.45) is 0 Å². The summed E-state index contributed by atoms with van der Waals surface area (Å²) in [6.07, 6.45) is 8.22. The van der Waals surface area contributed by atoms with Gasteiger partial charge in [-0.05, 0) is 61.6 Å². The number of benzene rings is 3. The summed E-state index contributed by atoms with van der Waals surface area (Å²) >= 11 is 6.47. The van der Waals surface area contributed by atoms with Gasteiger partial charge in [0.2, 0.25) is 5.95 Å². The average Bonchev–Trinajstić information content (AvgIpc) is 3.61. The molecular weight excluding hydrogens is 707 g/mol. The number of nitrogens with one attached hydrogen (secondary N) is 3. The number of rotatable bonds is 11. The number of hydrogen-bond acceptors (Lipinski definition) is 11. The number of anilines is 5. The van der Waals surface area contributed by atoms with E-state index >= 15 is 0 Å². The first-order chi connectivity index (χ1) is 25.7. The monoisotopic (exact) mass is 752 g/mol. The molecule has 0 atom stereocenters. The summed E-state index contributed by atoms with van der Waals surface area (Å²) < 4.78 is 18.7.